The molecule has 1 aliphatic heterocycles. The second-order valence-electron chi connectivity index (χ2n) is 6.76. The van der Waals surface area contributed by atoms with E-state index in [-0.39, 0.29) is 23.9 Å². The van der Waals surface area contributed by atoms with Crippen LogP contribution in [0.5, 0.6) is 0 Å². The SMILES string of the molecule is CCN(CC)C(=O)[C@@H]1C[C@@H](NC(=O)c2cc3c(Cl)cccc3[nH]2)CN1C. The predicted molar refractivity (Wildman–Crippen MR) is 104 cm³/mol. The number of carbonyl (C=O) groups is 2. The van der Waals surface area contributed by atoms with Gasteiger partial charge in [-0.25, -0.2) is 0 Å². The van der Waals surface area contributed by atoms with E-state index in [4.69, 9.17) is 11.6 Å². The fraction of sp³-hybridized carbons (Fsp3) is 0.474. The van der Waals surface area contributed by atoms with Crippen molar-refractivity contribution in [1.29, 1.82) is 0 Å². The third-order valence-electron chi connectivity index (χ3n) is 5.10. The minimum absolute atomic E-state index is 0.0566. The maximum absolute atomic E-state index is 12.6. The first kappa shape index (κ1) is 18.7. The molecule has 2 atom stereocenters. The van der Waals surface area contributed by atoms with Gasteiger partial charge in [-0.2, -0.15) is 0 Å². The predicted octanol–water partition coefficient (Wildman–Crippen LogP) is 2.49. The fourth-order valence-electron chi connectivity index (χ4n) is 3.64. The Kier molecular flexibility index (Phi) is 5.53. The van der Waals surface area contributed by atoms with Crippen molar-refractivity contribution in [3.63, 3.8) is 0 Å². The van der Waals surface area contributed by atoms with Crippen LogP contribution in [-0.2, 0) is 4.79 Å². The van der Waals surface area contributed by atoms with Gasteiger partial charge in [0, 0.05) is 41.6 Å². The zero-order chi connectivity index (χ0) is 18.8. The summed E-state index contributed by atoms with van der Waals surface area (Å²) in [6.07, 6.45) is 0.624. The number of amides is 2. The molecular weight excluding hydrogens is 352 g/mol. The van der Waals surface area contributed by atoms with Crippen molar-refractivity contribution < 1.29 is 9.59 Å². The Morgan fingerprint density at radius 2 is 2.08 bits per heavy atom. The zero-order valence-electron chi connectivity index (χ0n) is 15.4. The van der Waals surface area contributed by atoms with Crippen LogP contribution in [-0.4, -0.2) is 65.4 Å². The first-order chi connectivity index (χ1) is 12.4. The number of halogens is 1. The molecule has 1 aliphatic rings. The van der Waals surface area contributed by atoms with Crippen LogP contribution < -0.4 is 5.32 Å². The molecule has 6 nitrogen and oxygen atoms in total. The number of aromatic amines is 1. The molecule has 3 rings (SSSR count). The molecule has 1 saturated heterocycles. The molecule has 0 aliphatic carbocycles. The number of hydrogen-bond donors (Lipinski definition) is 2. The van der Waals surface area contributed by atoms with Crippen molar-refractivity contribution in [2.24, 2.45) is 0 Å². The molecule has 0 spiro atoms. The summed E-state index contributed by atoms with van der Waals surface area (Å²) < 4.78 is 0. The van der Waals surface area contributed by atoms with Gasteiger partial charge in [-0.1, -0.05) is 17.7 Å². The third-order valence-corrected chi connectivity index (χ3v) is 5.43. The number of hydrogen-bond acceptors (Lipinski definition) is 3. The van der Waals surface area contributed by atoms with Gasteiger partial charge in [-0.3, -0.25) is 14.5 Å². The molecular formula is C19H25ClN4O2. The minimum atomic E-state index is -0.183. The van der Waals surface area contributed by atoms with Crippen molar-refractivity contribution >= 4 is 34.3 Å². The van der Waals surface area contributed by atoms with Gasteiger partial charge in [0.2, 0.25) is 5.91 Å². The van der Waals surface area contributed by atoms with Crippen molar-refractivity contribution in [1.82, 2.24) is 20.1 Å². The van der Waals surface area contributed by atoms with Crippen molar-refractivity contribution in [3.8, 4) is 0 Å². The zero-order valence-corrected chi connectivity index (χ0v) is 16.1. The molecule has 1 fully saturated rings. The molecule has 2 aromatic rings. The first-order valence-corrected chi connectivity index (χ1v) is 9.39. The molecule has 2 N–H and O–H groups in total. The lowest BCUT2D eigenvalue weighted by atomic mass is 10.1. The molecule has 0 radical (unpaired) electrons. The van der Waals surface area contributed by atoms with E-state index in [2.05, 4.69) is 10.3 Å². The molecule has 7 heteroatoms. The topological polar surface area (TPSA) is 68.4 Å². The Bertz CT molecular complexity index is 815. The van der Waals surface area contributed by atoms with Crippen LogP contribution in [0.2, 0.25) is 5.02 Å². The summed E-state index contributed by atoms with van der Waals surface area (Å²) in [6, 6.07) is 7.06. The van der Waals surface area contributed by atoms with Gasteiger partial charge < -0.3 is 15.2 Å². The van der Waals surface area contributed by atoms with Crippen molar-refractivity contribution in [2.45, 2.75) is 32.4 Å². The number of aromatic nitrogens is 1. The highest BCUT2D eigenvalue weighted by atomic mass is 35.5. The van der Waals surface area contributed by atoms with Crippen LogP contribution >= 0.6 is 11.6 Å². The third kappa shape index (κ3) is 3.57. The van der Waals surface area contributed by atoms with Gasteiger partial charge in [0.15, 0.2) is 0 Å². The molecule has 2 amide bonds. The normalized spacial score (nSPS) is 20.5. The average Bonchev–Trinajstić information content (AvgIpc) is 3.20. The maximum atomic E-state index is 12.6. The van der Waals surface area contributed by atoms with Gasteiger partial charge in [-0.05, 0) is 45.5 Å². The first-order valence-electron chi connectivity index (χ1n) is 9.01. The van der Waals surface area contributed by atoms with Crippen LogP contribution in [0, 0.1) is 0 Å². The lowest BCUT2D eigenvalue weighted by Crippen LogP contribution is -2.44. The number of likely N-dealkylation sites (tertiary alicyclic amines) is 1. The number of H-pyrrole nitrogens is 1. The summed E-state index contributed by atoms with van der Waals surface area (Å²) in [5.41, 5.74) is 1.31. The Balaban J connectivity index is 1.68. The highest BCUT2D eigenvalue weighted by Gasteiger charge is 2.36. The molecule has 1 aromatic heterocycles. The fourth-order valence-corrected chi connectivity index (χ4v) is 3.87. The quantitative estimate of drug-likeness (QED) is 0.842. The van der Waals surface area contributed by atoms with Crippen LogP contribution in [0.3, 0.4) is 0 Å². The second kappa shape index (κ2) is 7.68. The summed E-state index contributed by atoms with van der Waals surface area (Å²) in [5.74, 6) is -0.0433. The lowest BCUT2D eigenvalue weighted by Gasteiger charge is -2.26. The van der Waals surface area contributed by atoms with Gasteiger partial charge in [0.05, 0.1) is 6.04 Å². The van der Waals surface area contributed by atoms with Crippen LogP contribution in [0.4, 0.5) is 0 Å². The van der Waals surface area contributed by atoms with Gasteiger partial charge in [0.1, 0.15) is 5.69 Å². The summed E-state index contributed by atoms with van der Waals surface area (Å²) in [4.78, 5) is 32.2. The number of nitrogens with one attached hydrogen (secondary N) is 2. The molecule has 0 saturated carbocycles. The van der Waals surface area contributed by atoms with E-state index < -0.39 is 0 Å². The largest absolute Gasteiger partial charge is 0.350 e. The smallest absolute Gasteiger partial charge is 0.267 e. The van der Waals surface area contributed by atoms with E-state index in [0.29, 0.717) is 36.8 Å². The Morgan fingerprint density at radius 1 is 1.35 bits per heavy atom. The van der Waals surface area contributed by atoms with E-state index >= 15 is 0 Å². The molecule has 140 valence electrons. The number of carbonyl (C=O) groups excluding carboxylic acids is 2. The highest BCUT2D eigenvalue weighted by molar-refractivity contribution is 6.35. The van der Waals surface area contributed by atoms with Gasteiger partial charge >= 0.3 is 0 Å². The Morgan fingerprint density at radius 3 is 2.73 bits per heavy atom. The lowest BCUT2D eigenvalue weighted by molar-refractivity contribution is -0.135. The van der Waals surface area contributed by atoms with E-state index in [1.807, 2.05) is 42.8 Å². The van der Waals surface area contributed by atoms with Crippen LogP contribution in [0.15, 0.2) is 24.3 Å². The summed E-state index contributed by atoms with van der Waals surface area (Å²) in [5, 5.41) is 4.49. The summed E-state index contributed by atoms with van der Waals surface area (Å²) in [6.45, 7) is 6.02. The minimum Gasteiger partial charge on any atom is -0.350 e. The van der Waals surface area contributed by atoms with E-state index in [9.17, 15) is 9.59 Å². The number of nitrogens with zero attached hydrogens (tertiary/aromatic N) is 2. The van der Waals surface area contributed by atoms with Crippen molar-refractivity contribution in [3.05, 3.63) is 35.0 Å². The van der Waals surface area contributed by atoms with E-state index in [1.165, 1.54) is 0 Å². The van der Waals surface area contributed by atoms with Gasteiger partial charge in [0.25, 0.3) is 5.91 Å². The Hall–Kier alpha value is -2.05. The van der Waals surface area contributed by atoms with Gasteiger partial charge in [-0.15, -0.1) is 0 Å². The standard InChI is InChI=1S/C19H25ClN4O2/c1-4-24(5-2)19(26)17-9-12(11-23(17)3)21-18(25)16-10-13-14(20)7-6-8-15(13)22-16/h6-8,10,12,17,22H,4-5,9,11H2,1-3H3,(H,21,25)/t12-,17+/m1/s1. The monoisotopic (exact) mass is 376 g/mol. The molecule has 0 unspecified atom stereocenters. The molecule has 26 heavy (non-hydrogen) atoms. The Labute approximate surface area is 158 Å². The van der Waals surface area contributed by atoms with E-state index in [1.54, 1.807) is 12.1 Å². The number of fused-ring (bicyclic) bond motifs is 1. The van der Waals surface area contributed by atoms with E-state index in [0.717, 1.165) is 10.9 Å². The number of rotatable bonds is 5. The number of likely N-dealkylation sites (N-methyl/N-ethyl adjacent to an activating group) is 2. The molecule has 1 aromatic carbocycles. The average molecular weight is 377 g/mol. The van der Waals surface area contributed by atoms with Crippen molar-refractivity contribution in [2.75, 3.05) is 26.7 Å². The summed E-state index contributed by atoms with van der Waals surface area (Å²) >= 11 is 6.18. The van der Waals surface area contributed by atoms with Crippen LogP contribution in [0.25, 0.3) is 10.9 Å². The second-order valence-corrected chi connectivity index (χ2v) is 7.16. The maximum Gasteiger partial charge on any atom is 0.267 e. The molecule has 2 heterocycles. The molecule has 0 bridgehead atoms. The summed E-state index contributed by atoms with van der Waals surface area (Å²) in [7, 11) is 1.93. The number of benzene rings is 1. The van der Waals surface area contributed by atoms with Crippen LogP contribution in [0.1, 0.15) is 30.8 Å². The highest BCUT2D eigenvalue weighted by Crippen LogP contribution is 2.24.